The van der Waals surface area contributed by atoms with E-state index in [-0.39, 0.29) is 11.4 Å². The molecule has 1 saturated heterocycles. The van der Waals surface area contributed by atoms with Crippen LogP contribution in [0.3, 0.4) is 0 Å². The van der Waals surface area contributed by atoms with E-state index >= 15 is 0 Å². The van der Waals surface area contributed by atoms with Crippen LogP contribution in [0.1, 0.15) is 29.8 Å². The molecule has 1 aliphatic rings. The Hall–Kier alpha value is -0.870. The van der Waals surface area contributed by atoms with Gasteiger partial charge in [0.15, 0.2) is 0 Å². The molecule has 0 radical (unpaired) electrons. The Morgan fingerprint density at radius 3 is 2.83 bits per heavy atom. The quantitative estimate of drug-likeness (QED) is 0.864. The second-order valence-corrected chi connectivity index (χ2v) is 6.38. The van der Waals surface area contributed by atoms with Crippen LogP contribution in [0.2, 0.25) is 0 Å². The first kappa shape index (κ1) is 13.6. The molecule has 1 heterocycles. The van der Waals surface area contributed by atoms with E-state index in [0.717, 1.165) is 35.2 Å². The highest BCUT2D eigenvalue weighted by Crippen LogP contribution is 2.21. The maximum Gasteiger partial charge on any atom is 0.255 e. The average molecular weight is 311 g/mol. The molecule has 18 heavy (non-hydrogen) atoms. The number of piperazine rings is 1. The molecule has 4 heteroatoms. The van der Waals surface area contributed by atoms with E-state index in [9.17, 15) is 4.79 Å². The highest BCUT2D eigenvalue weighted by atomic mass is 79.9. The highest BCUT2D eigenvalue weighted by Gasteiger charge is 2.29. The van der Waals surface area contributed by atoms with Crippen LogP contribution in [0.15, 0.2) is 22.7 Å². The number of hydrogen-bond donors (Lipinski definition) is 1. The van der Waals surface area contributed by atoms with Crippen LogP contribution in [-0.2, 0) is 0 Å². The van der Waals surface area contributed by atoms with Crippen molar-refractivity contribution in [2.75, 3.05) is 19.6 Å². The monoisotopic (exact) mass is 310 g/mol. The fraction of sp³-hybridized carbons (Fsp3) is 0.500. The Morgan fingerprint density at radius 2 is 2.17 bits per heavy atom. The summed E-state index contributed by atoms with van der Waals surface area (Å²) >= 11 is 3.46. The van der Waals surface area contributed by atoms with Gasteiger partial charge >= 0.3 is 0 Å². The van der Waals surface area contributed by atoms with Gasteiger partial charge in [0, 0.05) is 29.6 Å². The third-order valence-corrected chi connectivity index (χ3v) is 3.90. The van der Waals surface area contributed by atoms with Gasteiger partial charge in [0.05, 0.1) is 5.56 Å². The van der Waals surface area contributed by atoms with E-state index in [2.05, 4.69) is 35.1 Å². The Morgan fingerprint density at radius 1 is 1.44 bits per heavy atom. The van der Waals surface area contributed by atoms with Gasteiger partial charge in [0.2, 0.25) is 0 Å². The summed E-state index contributed by atoms with van der Waals surface area (Å²) in [4.78, 5) is 14.5. The summed E-state index contributed by atoms with van der Waals surface area (Å²) in [6.45, 7) is 8.61. The van der Waals surface area contributed by atoms with E-state index in [1.165, 1.54) is 0 Å². The van der Waals surface area contributed by atoms with E-state index in [4.69, 9.17) is 0 Å². The first-order valence-corrected chi connectivity index (χ1v) is 6.99. The molecule has 0 unspecified atom stereocenters. The first-order valence-electron chi connectivity index (χ1n) is 6.19. The van der Waals surface area contributed by atoms with Crippen molar-refractivity contribution in [2.24, 2.45) is 0 Å². The fourth-order valence-corrected chi connectivity index (χ4v) is 2.70. The molecule has 1 fully saturated rings. The molecule has 0 saturated carbocycles. The fourth-order valence-electron chi connectivity index (χ4n) is 2.29. The molecule has 0 bridgehead atoms. The molecule has 0 aliphatic carbocycles. The first-order chi connectivity index (χ1) is 8.39. The highest BCUT2D eigenvalue weighted by molar-refractivity contribution is 9.10. The molecule has 1 N–H and O–H groups in total. The number of carbonyl (C=O) groups is 1. The average Bonchev–Trinajstić information content (AvgIpc) is 2.30. The van der Waals surface area contributed by atoms with Crippen LogP contribution in [0.4, 0.5) is 0 Å². The van der Waals surface area contributed by atoms with Gasteiger partial charge < -0.3 is 10.2 Å². The van der Waals surface area contributed by atoms with Crippen LogP contribution in [0, 0.1) is 6.92 Å². The topological polar surface area (TPSA) is 32.3 Å². The summed E-state index contributed by atoms with van der Waals surface area (Å²) in [5.74, 6) is 0.111. The molecule has 98 valence electrons. The molecule has 1 amide bonds. The van der Waals surface area contributed by atoms with E-state index in [1.807, 2.05) is 30.0 Å². The lowest BCUT2D eigenvalue weighted by Gasteiger charge is -2.39. The summed E-state index contributed by atoms with van der Waals surface area (Å²) in [6.07, 6.45) is 0. The number of nitrogens with one attached hydrogen (secondary N) is 1. The predicted octanol–water partition coefficient (Wildman–Crippen LogP) is 2.58. The van der Waals surface area contributed by atoms with Gasteiger partial charge in [-0.3, -0.25) is 4.79 Å². The van der Waals surface area contributed by atoms with Crippen molar-refractivity contribution in [2.45, 2.75) is 26.3 Å². The number of hydrogen-bond acceptors (Lipinski definition) is 2. The Labute approximate surface area is 117 Å². The van der Waals surface area contributed by atoms with Gasteiger partial charge in [-0.2, -0.15) is 0 Å². The Bertz CT molecular complexity index is 471. The van der Waals surface area contributed by atoms with Crippen molar-refractivity contribution < 1.29 is 4.79 Å². The van der Waals surface area contributed by atoms with Gasteiger partial charge in [0.25, 0.3) is 5.91 Å². The lowest BCUT2D eigenvalue weighted by molar-refractivity contribution is 0.0651. The third kappa shape index (κ3) is 2.93. The van der Waals surface area contributed by atoms with Crippen LogP contribution in [-0.4, -0.2) is 36.0 Å². The zero-order valence-corrected chi connectivity index (χ0v) is 12.7. The van der Waals surface area contributed by atoms with E-state index < -0.39 is 0 Å². The summed E-state index contributed by atoms with van der Waals surface area (Å²) in [6, 6.07) is 5.89. The van der Waals surface area contributed by atoms with Gasteiger partial charge in [-0.1, -0.05) is 11.6 Å². The summed E-state index contributed by atoms with van der Waals surface area (Å²) in [5.41, 5.74) is 1.85. The maximum atomic E-state index is 12.5. The van der Waals surface area contributed by atoms with Gasteiger partial charge in [-0.25, -0.2) is 0 Å². The Kier molecular flexibility index (Phi) is 3.78. The third-order valence-electron chi connectivity index (χ3n) is 3.21. The maximum absolute atomic E-state index is 12.5. The molecule has 3 nitrogen and oxygen atoms in total. The van der Waals surface area contributed by atoms with Crippen molar-refractivity contribution in [3.8, 4) is 0 Å². The standard InChI is InChI=1S/C14H19BrN2O/c1-10-4-5-12(15)11(8-10)13(18)17-7-6-16-14(2,3)9-17/h4-5,8,16H,6-7,9H2,1-3H3. The van der Waals surface area contributed by atoms with Crippen LogP contribution in [0.25, 0.3) is 0 Å². The SMILES string of the molecule is Cc1ccc(Br)c(C(=O)N2CCNC(C)(C)C2)c1. The van der Waals surface area contributed by atoms with Crippen LogP contribution < -0.4 is 5.32 Å². The van der Waals surface area contributed by atoms with Crippen molar-refractivity contribution >= 4 is 21.8 Å². The molecule has 1 aromatic carbocycles. The second kappa shape index (κ2) is 5.02. The molecule has 0 spiro atoms. The van der Waals surface area contributed by atoms with Crippen molar-refractivity contribution in [3.63, 3.8) is 0 Å². The van der Waals surface area contributed by atoms with Gasteiger partial charge in [0.1, 0.15) is 0 Å². The smallest absolute Gasteiger partial charge is 0.255 e. The van der Waals surface area contributed by atoms with E-state index in [1.54, 1.807) is 0 Å². The minimum atomic E-state index is -0.00971. The number of amides is 1. The molecule has 1 aromatic rings. The summed E-state index contributed by atoms with van der Waals surface area (Å²) in [7, 11) is 0. The lowest BCUT2D eigenvalue weighted by Crippen LogP contribution is -2.58. The number of carbonyl (C=O) groups excluding carboxylic acids is 1. The van der Waals surface area contributed by atoms with Gasteiger partial charge in [-0.15, -0.1) is 0 Å². The molecular formula is C14H19BrN2O. The van der Waals surface area contributed by atoms with Crippen molar-refractivity contribution in [1.82, 2.24) is 10.2 Å². The molecule has 1 aliphatic heterocycles. The number of halogens is 1. The largest absolute Gasteiger partial charge is 0.336 e. The second-order valence-electron chi connectivity index (χ2n) is 5.52. The van der Waals surface area contributed by atoms with E-state index in [0.29, 0.717) is 0 Å². The predicted molar refractivity (Wildman–Crippen MR) is 76.9 cm³/mol. The van der Waals surface area contributed by atoms with Crippen molar-refractivity contribution in [1.29, 1.82) is 0 Å². The van der Waals surface area contributed by atoms with Crippen LogP contribution >= 0.6 is 15.9 Å². The van der Waals surface area contributed by atoms with Crippen molar-refractivity contribution in [3.05, 3.63) is 33.8 Å². The Balaban J connectivity index is 2.23. The zero-order valence-electron chi connectivity index (χ0n) is 11.1. The summed E-state index contributed by atoms with van der Waals surface area (Å²) < 4.78 is 0.870. The molecule has 0 atom stereocenters. The zero-order chi connectivity index (χ0) is 13.3. The number of benzene rings is 1. The molecule has 2 rings (SSSR count). The van der Waals surface area contributed by atoms with Gasteiger partial charge in [-0.05, 0) is 48.8 Å². The molecule has 0 aromatic heterocycles. The normalized spacial score (nSPS) is 18.8. The minimum absolute atomic E-state index is 0.00971. The number of rotatable bonds is 1. The summed E-state index contributed by atoms with van der Waals surface area (Å²) in [5, 5.41) is 3.42. The number of nitrogens with zero attached hydrogens (tertiary/aromatic N) is 1. The minimum Gasteiger partial charge on any atom is -0.336 e. The molecular weight excluding hydrogens is 292 g/mol. The van der Waals surface area contributed by atoms with Crippen LogP contribution in [0.5, 0.6) is 0 Å². The lowest BCUT2D eigenvalue weighted by atomic mass is 10.0. The number of aryl methyl sites for hydroxylation is 1.